The Balaban J connectivity index is 1.65. The second kappa shape index (κ2) is 5.71. The first kappa shape index (κ1) is 15.6. The molecule has 5 nitrogen and oxygen atoms in total. The molecule has 132 valence electrons. The molecule has 4 heterocycles. The van der Waals surface area contributed by atoms with Gasteiger partial charge in [0.25, 0.3) is 0 Å². The van der Waals surface area contributed by atoms with E-state index in [2.05, 4.69) is 21.2 Å². The van der Waals surface area contributed by atoms with Crippen molar-refractivity contribution in [3.05, 3.63) is 70.7 Å². The zero-order valence-corrected chi connectivity index (χ0v) is 15.0. The van der Waals surface area contributed by atoms with Gasteiger partial charge in [-0.15, -0.1) is 0 Å². The largest absolute Gasteiger partial charge is 0.349 e. The van der Waals surface area contributed by atoms with E-state index in [-0.39, 0.29) is 12.0 Å². The monoisotopic (exact) mass is 369 g/mol. The highest BCUT2D eigenvalue weighted by Gasteiger charge is 2.37. The molecule has 1 aromatic carbocycles. The van der Waals surface area contributed by atoms with Gasteiger partial charge < -0.3 is 9.80 Å². The average molecular weight is 370 g/mol. The van der Waals surface area contributed by atoms with Crippen molar-refractivity contribution in [3.63, 3.8) is 0 Å². The molecule has 2 aromatic heterocycles. The summed E-state index contributed by atoms with van der Waals surface area (Å²) >= 11 is 6.09. The zero-order valence-electron chi connectivity index (χ0n) is 14.2. The van der Waals surface area contributed by atoms with Crippen LogP contribution in [0.3, 0.4) is 0 Å². The normalized spacial score (nSPS) is 19.3. The molecule has 3 aromatic rings. The van der Waals surface area contributed by atoms with Crippen molar-refractivity contribution < 1.29 is 4.39 Å². The third-order valence-corrected chi connectivity index (χ3v) is 5.56. The topological polar surface area (TPSA) is 36.7 Å². The van der Waals surface area contributed by atoms with Crippen LogP contribution in [-0.2, 0) is 0 Å². The molecule has 0 amide bonds. The Labute approximate surface area is 155 Å². The molecule has 0 aliphatic carbocycles. The molecule has 2 aliphatic rings. The fourth-order valence-electron chi connectivity index (χ4n) is 3.88. The van der Waals surface area contributed by atoms with E-state index in [1.54, 1.807) is 4.52 Å². The van der Waals surface area contributed by atoms with Gasteiger partial charge in [-0.2, -0.15) is 5.10 Å². The molecule has 0 radical (unpaired) electrons. The van der Waals surface area contributed by atoms with Crippen LogP contribution >= 0.6 is 11.6 Å². The van der Waals surface area contributed by atoms with Gasteiger partial charge in [0.15, 0.2) is 5.65 Å². The first-order valence-corrected chi connectivity index (χ1v) is 9.00. The van der Waals surface area contributed by atoms with Crippen molar-refractivity contribution in [2.45, 2.75) is 25.9 Å². The van der Waals surface area contributed by atoms with Gasteiger partial charge in [-0.25, -0.2) is 13.9 Å². The van der Waals surface area contributed by atoms with E-state index in [9.17, 15) is 4.39 Å². The standard InChI is InChI=1S/C19H17ClFN5/c1-12-7-17(16(21)8-15(12)20)25-10-14-3-2-6-24(14)19(25)13-4-5-18-22-11-23-26(18)9-13/h4-5,7-11,19H,2-3,6H2,1H3. The Morgan fingerprint density at radius 3 is 3.04 bits per heavy atom. The minimum absolute atomic E-state index is 0.101. The molecule has 0 saturated carbocycles. The summed E-state index contributed by atoms with van der Waals surface area (Å²) in [6, 6.07) is 7.19. The SMILES string of the molecule is Cc1cc(N2C=C3CCCN3C2c2ccc3ncnn3c2)c(F)cc1Cl. The maximum atomic E-state index is 14.7. The van der Waals surface area contributed by atoms with Gasteiger partial charge in [0.1, 0.15) is 18.3 Å². The molecule has 0 N–H and O–H groups in total. The first-order chi connectivity index (χ1) is 12.6. The Morgan fingerprint density at radius 1 is 1.27 bits per heavy atom. The van der Waals surface area contributed by atoms with Gasteiger partial charge >= 0.3 is 0 Å². The lowest BCUT2D eigenvalue weighted by Crippen LogP contribution is -2.31. The van der Waals surface area contributed by atoms with Gasteiger partial charge in [0.2, 0.25) is 0 Å². The summed E-state index contributed by atoms with van der Waals surface area (Å²) in [4.78, 5) is 8.54. The Kier molecular flexibility index (Phi) is 3.43. The van der Waals surface area contributed by atoms with E-state index in [1.807, 2.05) is 36.2 Å². The lowest BCUT2D eigenvalue weighted by molar-refractivity contribution is 0.317. The van der Waals surface area contributed by atoms with Crippen molar-refractivity contribution in [2.24, 2.45) is 0 Å². The lowest BCUT2D eigenvalue weighted by atomic mass is 10.1. The lowest BCUT2D eigenvalue weighted by Gasteiger charge is -2.32. The molecular formula is C19H17ClFN5. The highest BCUT2D eigenvalue weighted by Crippen LogP contribution is 2.44. The molecule has 2 aliphatic heterocycles. The quantitative estimate of drug-likeness (QED) is 0.675. The Morgan fingerprint density at radius 2 is 2.15 bits per heavy atom. The maximum Gasteiger partial charge on any atom is 0.155 e. The van der Waals surface area contributed by atoms with Crippen molar-refractivity contribution >= 4 is 22.9 Å². The van der Waals surface area contributed by atoms with Crippen molar-refractivity contribution in [1.29, 1.82) is 0 Å². The fraction of sp³-hybridized carbons (Fsp3) is 0.263. The molecular weight excluding hydrogens is 353 g/mol. The predicted octanol–water partition coefficient (Wildman–Crippen LogP) is 4.29. The Bertz CT molecular complexity index is 1040. The molecule has 1 atom stereocenters. The summed E-state index contributed by atoms with van der Waals surface area (Å²) in [5, 5.41) is 4.68. The van der Waals surface area contributed by atoms with Gasteiger partial charge in [-0.1, -0.05) is 11.6 Å². The molecule has 0 spiro atoms. The van der Waals surface area contributed by atoms with E-state index in [4.69, 9.17) is 11.6 Å². The number of halogens is 2. The fourth-order valence-corrected chi connectivity index (χ4v) is 4.03. The number of pyridine rings is 1. The third kappa shape index (κ3) is 2.29. The van der Waals surface area contributed by atoms with Crippen LogP contribution in [0.15, 0.2) is 48.7 Å². The average Bonchev–Trinajstić information content (AvgIpc) is 3.32. The highest BCUT2D eigenvalue weighted by atomic mass is 35.5. The van der Waals surface area contributed by atoms with E-state index < -0.39 is 0 Å². The number of aryl methyl sites for hydroxylation is 1. The van der Waals surface area contributed by atoms with Crippen molar-refractivity contribution in [3.8, 4) is 0 Å². The van der Waals surface area contributed by atoms with Gasteiger partial charge in [0, 0.05) is 35.2 Å². The maximum absolute atomic E-state index is 14.7. The molecule has 0 bridgehead atoms. The smallest absolute Gasteiger partial charge is 0.155 e. The second-order valence-corrected chi connectivity index (χ2v) is 7.18. The number of nitrogens with zero attached hydrogens (tertiary/aromatic N) is 5. The van der Waals surface area contributed by atoms with Gasteiger partial charge in [-0.3, -0.25) is 0 Å². The molecule has 5 rings (SSSR count). The van der Waals surface area contributed by atoms with Crippen LogP contribution in [-0.4, -0.2) is 26.0 Å². The molecule has 1 saturated heterocycles. The number of hydrogen-bond acceptors (Lipinski definition) is 4. The van der Waals surface area contributed by atoms with Crippen LogP contribution in [0.4, 0.5) is 10.1 Å². The number of aromatic nitrogens is 3. The number of anilines is 1. The summed E-state index contributed by atoms with van der Waals surface area (Å²) in [7, 11) is 0. The number of allylic oxidation sites excluding steroid dienone is 1. The molecule has 7 heteroatoms. The van der Waals surface area contributed by atoms with Crippen molar-refractivity contribution in [2.75, 3.05) is 11.4 Å². The van der Waals surface area contributed by atoms with Gasteiger partial charge in [-0.05, 0) is 49.6 Å². The first-order valence-electron chi connectivity index (χ1n) is 8.62. The van der Waals surface area contributed by atoms with Crippen LogP contribution < -0.4 is 4.90 Å². The summed E-state index contributed by atoms with van der Waals surface area (Å²) in [6.07, 6.45) is 7.59. The number of fused-ring (bicyclic) bond motifs is 2. The Hall–Kier alpha value is -2.60. The van der Waals surface area contributed by atoms with Crippen LogP contribution in [0.1, 0.15) is 30.1 Å². The minimum Gasteiger partial charge on any atom is -0.349 e. The summed E-state index contributed by atoms with van der Waals surface area (Å²) in [6.45, 7) is 2.85. The number of hydrogen-bond donors (Lipinski definition) is 0. The summed E-state index contributed by atoms with van der Waals surface area (Å²) in [5.41, 5.74) is 4.47. The summed E-state index contributed by atoms with van der Waals surface area (Å²) in [5.74, 6) is -0.314. The molecule has 1 unspecified atom stereocenters. The van der Waals surface area contributed by atoms with Crippen LogP contribution in [0.5, 0.6) is 0 Å². The zero-order chi connectivity index (χ0) is 17.8. The van der Waals surface area contributed by atoms with E-state index in [0.29, 0.717) is 10.7 Å². The predicted molar refractivity (Wildman–Crippen MR) is 98.4 cm³/mol. The minimum atomic E-state index is -0.314. The molecule has 1 fully saturated rings. The van der Waals surface area contributed by atoms with Gasteiger partial charge in [0.05, 0.1) is 5.69 Å². The van der Waals surface area contributed by atoms with E-state index in [0.717, 1.165) is 36.2 Å². The third-order valence-electron chi connectivity index (χ3n) is 5.15. The van der Waals surface area contributed by atoms with Crippen LogP contribution in [0, 0.1) is 12.7 Å². The van der Waals surface area contributed by atoms with E-state index in [1.165, 1.54) is 18.1 Å². The second-order valence-electron chi connectivity index (χ2n) is 6.78. The summed E-state index contributed by atoms with van der Waals surface area (Å²) < 4.78 is 16.5. The number of benzene rings is 1. The van der Waals surface area contributed by atoms with E-state index >= 15 is 0 Å². The number of rotatable bonds is 2. The van der Waals surface area contributed by atoms with Crippen LogP contribution in [0.2, 0.25) is 5.02 Å². The van der Waals surface area contributed by atoms with Crippen molar-refractivity contribution in [1.82, 2.24) is 19.5 Å². The molecule has 26 heavy (non-hydrogen) atoms. The van der Waals surface area contributed by atoms with Crippen LogP contribution in [0.25, 0.3) is 5.65 Å². The highest BCUT2D eigenvalue weighted by molar-refractivity contribution is 6.31.